The van der Waals surface area contributed by atoms with E-state index in [9.17, 15) is 10.2 Å². The van der Waals surface area contributed by atoms with E-state index in [0.717, 1.165) is 65.0 Å². The maximum absolute atomic E-state index is 10.4. The second-order valence-corrected chi connectivity index (χ2v) is 11.5. The molecule has 0 spiro atoms. The molecule has 1 heterocycles. The minimum atomic E-state index is -0.183. The predicted molar refractivity (Wildman–Crippen MR) is 136 cm³/mol. The molecule has 0 amide bonds. The molecular weight excluding hydrogens is 396 g/mol. The van der Waals surface area contributed by atoms with Gasteiger partial charge in [0, 0.05) is 16.7 Å². The molecule has 0 fully saturated rings. The van der Waals surface area contributed by atoms with Crippen molar-refractivity contribution in [1.29, 1.82) is 0 Å². The summed E-state index contributed by atoms with van der Waals surface area (Å²) in [5, 5.41) is 20.3. The Kier molecular flexibility index (Phi) is 10.4. The Bertz CT molecular complexity index is 701. The van der Waals surface area contributed by atoms with Gasteiger partial charge >= 0.3 is 0 Å². The minimum absolute atomic E-state index is 0.0922. The third-order valence-electron chi connectivity index (χ3n) is 7.85. The van der Waals surface area contributed by atoms with Crippen LogP contribution in [0.15, 0.2) is 0 Å². The van der Waals surface area contributed by atoms with Crippen molar-refractivity contribution < 1.29 is 14.9 Å². The molecule has 0 aliphatic carbocycles. The number of aliphatic hydroxyl groups excluding tert-OH is 1. The van der Waals surface area contributed by atoms with E-state index in [2.05, 4.69) is 34.6 Å². The van der Waals surface area contributed by atoms with Gasteiger partial charge in [-0.05, 0) is 69.8 Å². The van der Waals surface area contributed by atoms with E-state index < -0.39 is 0 Å². The van der Waals surface area contributed by atoms with Crippen molar-refractivity contribution in [3.63, 3.8) is 0 Å². The molecule has 1 aromatic carbocycles. The lowest BCUT2D eigenvalue weighted by molar-refractivity contribution is 0.0492. The minimum Gasteiger partial charge on any atom is -0.507 e. The summed E-state index contributed by atoms with van der Waals surface area (Å²) in [4.78, 5) is 0. The highest BCUT2D eigenvalue weighted by Gasteiger charge is 2.34. The second-order valence-electron chi connectivity index (χ2n) is 11.5. The largest absolute Gasteiger partial charge is 0.507 e. The van der Waals surface area contributed by atoms with Crippen molar-refractivity contribution in [3.05, 3.63) is 22.3 Å². The molecule has 3 heteroatoms. The summed E-state index contributed by atoms with van der Waals surface area (Å²) >= 11 is 0. The van der Waals surface area contributed by atoms with Gasteiger partial charge in [-0.3, -0.25) is 0 Å². The van der Waals surface area contributed by atoms with Crippen LogP contribution < -0.4 is 4.74 Å². The summed E-state index contributed by atoms with van der Waals surface area (Å²) in [6.07, 6.45) is 13.6. The van der Waals surface area contributed by atoms with E-state index in [0.29, 0.717) is 5.75 Å². The third-order valence-corrected chi connectivity index (χ3v) is 7.85. The van der Waals surface area contributed by atoms with Crippen LogP contribution in [0.25, 0.3) is 0 Å². The molecule has 32 heavy (non-hydrogen) atoms. The molecule has 0 aromatic heterocycles. The molecule has 1 aromatic rings. The second kappa shape index (κ2) is 12.3. The summed E-state index contributed by atoms with van der Waals surface area (Å²) < 4.78 is 6.54. The molecule has 1 aliphatic rings. The first kappa shape index (κ1) is 27.0. The first-order valence-electron chi connectivity index (χ1n) is 13.2. The quantitative estimate of drug-likeness (QED) is 0.322. The van der Waals surface area contributed by atoms with Crippen LogP contribution in [-0.4, -0.2) is 15.8 Å². The van der Waals surface area contributed by atoms with Crippen molar-refractivity contribution in [2.75, 3.05) is 0 Å². The highest BCUT2D eigenvalue weighted by atomic mass is 16.5. The van der Waals surface area contributed by atoms with Crippen LogP contribution in [0.1, 0.15) is 121 Å². The smallest absolute Gasteiger partial charge is 0.129 e. The SMILES string of the molecule is Cc1c(O)c(C)c2c(c1CO)OC(C)(CCCC(C)CCCC(C)CCCC(C)C)CC2. The average molecular weight is 447 g/mol. The number of benzene rings is 1. The maximum Gasteiger partial charge on any atom is 0.129 e. The van der Waals surface area contributed by atoms with Gasteiger partial charge in [0.05, 0.1) is 6.61 Å². The van der Waals surface area contributed by atoms with E-state index in [1.165, 1.54) is 51.4 Å². The monoisotopic (exact) mass is 446 g/mol. The molecule has 2 N–H and O–H groups in total. The lowest BCUT2D eigenvalue weighted by Gasteiger charge is -2.38. The molecule has 3 atom stereocenters. The van der Waals surface area contributed by atoms with Gasteiger partial charge in [0.2, 0.25) is 0 Å². The van der Waals surface area contributed by atoms with Crippen LogP contribution in [0.4, 0.5) is 0 Å². The first-order valence-corrected chi connectivity index (χ1v) is 13.2. The fourth-order valence-corrected chi connectivity index (χ4v) is 5.37. The van der Waals surface area contributed by atoms with Crippen LogP contribution in [0.2, 0.25) is 0 Å². The topological polar surface area (TPSA) is 49.7 Å². The zero-order chi connectivity index (χ0) is 23.9. The van der Waals surface area contributed by atoms with Gasteiger partial charge in [0.1, 0.15) is 17.1 Å². The van der Waals surface area contributed by atoms with Crippen LogP contribution in [-0.2, 0) is 13.0 Å². The highest BCUT2D eigenvalue weighted by molar-refractivity contribution is 5.58. The summed E-state index contributed by atoms with van der Waals surface area (Å²) in [7, 11) is 0. The number of aliphatic hydroxyl groups is 1. The Labute approximate surface area is 198 Å². The maximum atomic E-state index is 10.4. The Morgan fingerprint density at radius 3 is 2.00 bits per heavy atom. The average Bonchev–Trinajstić information content (AvgIpc) is 2.72. The van der Waals surface area contributed by atoms with Gasteiger partial charge in [-0.2, -0.15) is 0 Å². The van der Waals surface area contributed by atoms with Crippen molar-refractivity contribution in [2.45, 2.75) is 131 Å². The number of ether oxygens (including phenoxy) is 1. The van der Waals surface area contributed by atoms with Gasteiger partial charge in [-0.25, -0.2) is 0 Å². The summed E-state index contributed by atoms with van der Waals surface area (Å²) in [5.41, 5.74) is 3.30. The molecule has 0 radical (unpaired) electrons. The van der Waals surface area contributed by atoms with Crippen LogP contribution in [0.3, 0.4) is 0 Å². The van der Waals surface area contributed by atoms with E-state index in [-0.39, 0.29) is 12.2 Å². The van der Waals surface area contributed by atoms with Crippen molar-refractivity contribution in [3.8, 4) is 11.5 Å². The van der Waals surface area contributed by atoms with Crippen LogP contribution >= 0.6 is 0 Å². The molecule has 0 bridgehead atoms. The van der Waals surface area contributed by atoms with Gasteiger partial charge in [0.25, 0.3) is 0 Å². The first-order chi connectivity index (χ1) is 15.1. The molecular formula is C29H50O3. The molecule has 2 rings (SSSR count). The number of rotatable bonds is 13. The van der Waals surface area contributed by atoms with Crippen molar-refractivity contribution in [1.82, 2.24) is 0 Å². The van der Waals surface area contributed by atoms with Crippen molar-refractivity contribution >= 4 is 0 Å². The lowest BCUT2D eigenvalue weighted by Crippen LogP contribution is -2.37. The number of phenolic OH excluding ortho intramolecular Hbond substituents is 1. The van der Waals surface area contributed by atoms with E-state index in [1.54, 1.807) is 0 Å². The van der Waals surface area contributed by atoms with Gasteiger partial charge in [-0.15, -0.1) is 0 Å². The zero-order valence-corrected chi connectivity index (χ0v) is 22.0. The van der Waals surface area contributed by atoms with E-state index in [4.69, 9.17) is 4.74 Å². The zero-order valence-electron chi connectivity index (χ0n) is 22.0. The van der Waals surface area contributed by atoms with Gasteiger partial charge in [-0.1, -0.05) is 72.6 Å². The Morgan fingerprint density at radius 1 is 0.875 bits per heavy atom. The molecule has 0 saturated carbocycles. The van der Waals surface area contributed by atoms with Crippen LogP contribution in [0, 0.1) is 31.6 Å². The number of phenols is 1. The molecule has 0 saturated heterocycles. The summed E-state index contributed by atoms with van der Waals surface area (Å²) in [5.74, 6) is 3.60. The number of aromatic hydroxyl groups is 1. The molecule has 184 valence electrons. The Hall–Kier alpha value is -1.22. The fraction of sp³-hybridized carbons (Fsp3) is 0.793. The fourth-order valence-electron chi connectivity index (χ4n) is 5.37. The number of fused-ring (bicyclic) bond motifs is 1. The van der Waals surface area contributed by atoms with E-state index >= 15 is 0 Å². The predicted octanol–water partition coefficient (Wildman–Crippen LogP) is 8.02. The Balaban J connectivity index is 1.78. The third kappa shape index (κ3) is 7.40. The molecule has 1 aliphatic heterocycles. The molecule has 3 unspecified atom stereocenters. The lowest BCUT2D eigenvalue weighted by atomic mass is 9.83. The standard InChI is InChI=1S/C29H50O3/c1-20(2)11-8-12-21(3)13-9-14-22(4)15-10-17-29(7)18-16-25-23(5)27(31)24(6)26(19-30)28(25)32-29/h20-22,30-31H,8-19H2,1-7H3. The molecule has 3 nitrogen and oxygen atoms in total. The number of hydrogen-bond acceptors (Lipinski definition) is 3. The normalized spacial score (nSPS) is 20.2. The summed E-state index contributed by atoms with van der Waals surface area (Å²) in [6, 6.07) is 0. The highest BCUT2D eigenvalue weighted by Crippen LogP contribution is 2.45. The number of hydrogen-bond donors (Lipinski definition) is 2. The van der Waals surface area contributed by atoms with E-state index in [1.807, 2.05) is 13.8 Å². The van der Waals surface area contributed by atoms with Crippen LogP contribution in [0.5, 0.6) is 11.5 Å². The van der Waals surface area contributed by atoms with Gasteiger partial charge < -0.3 is 14.9 Å². The van der Waals surface area contributed by atoms with Gasteiger partial charge in [0.15, 0.2) is 0 Å². The Morgan fingerprint density at radius 2 is 1.44 bits per heavy atom. The summed E-state index contributed by atoms with van der Waals surface area (Å²) in [6.45, 7) is 15.4. The van der Waals surface area contributed by atoms with Crippen molar-refractivity contribution in [2.24, 2.45) is 17.8 Å².